The Bertz CT molecular complexity index is 1060. The lowest BCUT2D eigenvalue weighted by molar-refractivity contribution is -0.127. The van der Waals surface area contributed by atoms with E-state index >= 15 is 0 Å². The Kier molecular flexibility index (Phi) is 5.89. The molecule has 5 rings (SSSR count). The number of fused-ring (bicyclic) bond motifs is 4. The van der Waals surface area contributed by atoms with Crippen LogP contribution in [-0.2, 0) is 9.59 Å². The summed E-state index contributed by atoms with van der Waals surface area (Å²) in [6, 6.07) is 9.11. The van der Waals surface area contributed by atoms with Crippen molar-refractivity contribution in [3.8, 4) is 0 Å². The number of nitrogens with zero attached hydrogens (tertiary/aromatic N) is 1. The third kappa shape index (κ3) is 3.53. The van der Waals surface area contributed by atoms with Gasteiger partial charge in [-0.15, -0.1) is 0 Å². The van der Waals surface area contributed by atoms with Crippen molar-refractivity contribution in [1.82, 2.24) is 0 Å². The molecule has 0 heterocycles. The number of Topliss-reactive ketones (excluding diaryl/α,β-unsaturated/α-hetero) is 1. The van der Waals surface area contributed by atoms with E-state index in [1.807, 2.05) is 13.0 Å². The third-order valence-electron chi connectivity index (χ3n) is 10.0. The molecule has 2 saturated carbocycles. The summed E-state index contributed by atoms with van der Waals surface area (Å²) in [6.07, 6.45) is 7.93. The van der Waals surface area contributed by atoms with Gasteiger partial charge in [0.25, 0.3) is 0 Å². The average Bonchev–Trinajstić information content (AvgIpc) is 3.11. The Balaban J connectivity index is 1.69. The first-order valence-electron chi connectivity index (χ1n) is 13.4. The molecule has 1 aromatic carbocycles. The Labute approximate surface area is 205 Å². The van der Waals surface area contributed by atoms with Gasteiger partial charge in [-0.25, -0.2) is 0 Å². The summed E-state index contributed by atoms with van der Waals surface area (Å²) >= 11 is 0. The average molecular weight is 460 g/mol. The molecule has 0 bridgehead atoms. The lowest BCUT2D eigenvalue weighted by Crippen LogP contribution is -2.46. The molecule has 4 unspecified atom stereocenters. The second-order valence-electron chi connectivity index (χ2n) is 12.1. The molecule has 0 spiro atoms. The molecule has 4 aliphatic rings. The highest BCUT2D eigenvalue weighted by molar-refractivity contribution is 5.93. The number of allylic oxidation sites excluding steroid dienone is 4. The third-order valence-corrected chi connectivity index (χ3v) is 10.0. The van der Waals surface area contributed by atoms with Gasteiger partial charge in [0.1, 0.15) is 5.78 Å². The van der Waals surface area contributed by atoms with Gasteiger partial charge in [0, 0.05) is 38.0 Å². The topological polar surface area (TPSA) is 37.4 Å². The minimum atomic E-state index is 0.0392. The molecule has 4 aliphatic carbocycles. The maximum atomic E-state index is 13.1. The molecule has 0 radical (unpaired) electrons. The van der Waals surface area contributed by atoms with Crippen LogP contribution in [0, 0.1) is 35.0 Å². The molecule has 0 N–H and O–H groups in total. The van der Waals surface area contributed by atoms with Gasteiger partial charge in [0.15, 0.2) is 5.78 Å². The molecule has 0 aromatic heterocycles. The second kappa shape index (κ2) is 8.50. The van der Waals surface area contributed by atoms with E-state index in [4.69, 9.17) is 0 Å². The molecule has 3 nitrogen and oxygen atoms in total. The fourth-order valence-electron chi connectivity index (χ4n) is 8.64. The number of hydrogen-bond donors (Lipinski definition) is 0. The number of benzene rings is 1. The largest absolute Gasteiger partial charge is 0.378 e. The van der Waals surface area contributed by atoms with Gasteiger partial charge in [-0.2, -0.15) is 0 Å². The fraction of sp³-hybridized carbons (Fsp3) is 0.613. The predicted octanol–water partition coefficient (Wildman–Crippen LogP) is 6.74. The second-order valence-corrected chi connectivity index (χ2v) is 12.1. The summed E-state index contributed by atoms with van der Waals surface area (Å²) in [6.45, 7) is 8.88. The Morgan fingerprint density at radius 3 is 2.44 bits per heavy atom. The van der Waals surface area contributed by atoms with E-state index in [0.717, 1.165) is 25.7 Å². The van der Waals surface area contributed by atoms with Crippen molar-refractivity contribution in [2.45, 2.75) is 72.1 Å². The van der Waals surface area contributed by atoms with Crippen LogP contribution in [0.5, 0.6) is 0 Å². The standard InChI is InChI=1S/C31H41NO2/c1-7-20-15-28-26-14-18(2)25-16-23(34)12-13-24(25)29(26)27(17-31(28,4)30(20)19(3)33)21-8-10-22(11-9-21)32(5)6/h8-11,16,18,20,26-28,30H,7,12-15,17H2,1-6H3/t18-,20+,26?,27?,28?,30?,31-/m0/s1. The van der Waals surface area contributed by atoms with Crippen LogP contribution in [-0.4, -0.2) is 25.7 Å². The SMILES string of the molecule is CC[C@@H]1CC2C3C[C@H](C)C4=CC(=O)CCC4=C3C(c3ccc(N(C)C)cc3)C[C@]2(C)C1C(C)=O. The molecule has 2 fully saturated rings. The van der Waals surface area contributed by atoms with Crippen molar-refractivity contribution < 1.29 is 9.59 Å². The van der Waals surface area contributed by atoms with Crippen molar-refractivity contribution in [3.63, 3.8) is 0 Å². The summed E-state index contributed by atoms with van der Waals surface area (Å²) in [7, 11) is 4.17. The van der Waals surface area contributed by atoms with Crippen LogP contribution in [0.3, 0.4) is 0 Å². The van der Waals surface area contributed by atoms with Crippen molar-refractivity contribution >= 4 is 17.3 Å². The zero-order valence-electron chi connectivity index (χ0n) is 21.9. The van der Waals surface area contributed by atoms with Gasteiger partial charge in [0.05, 0.1) is 0 Å². The van der Waals surface area contributed by atoms with E-state index in [1.165, 1.54) is 28.8 Å². The van der Waals surface area contributed by atoms with Crippen LogP contribution in [0.15, 0.2) is 47.1 Å². The maximum absolute atomic E-state index is 13.1. The van der Waals surface area contributed by atoms with Gasteiger partial charge < -0.3 is 4.90 Å². The molecule has 182 valence electrons. The first kappa shape index (κ1) is 23.6. The Morgan fingerprint density at radius 1 is 1.12 bits per heavy atom. The van der Waals surface area contributed by atoms with E-state index in [0.29, 0.717) is 47.6 Å². The molecular weight excluding hydrogens is 418 g/mol. The smallest absolute Gasteiger partial charge is 0.156 e. The molecule has 3 heteroatoms. The van der Waals surface area contributed by atoms with Gasteiger partial charge in [-0.3, -0.25) is 9.59 Å². The number of carbonyl (C=O) groups excluding carboxylic acids is 2. The van der Waals surface area contributed by atoms with Crippen LogP contribution in [0.25, 0.3) is 0 Å². The number of carbonyl (C=O) groups is 2. The summed E-state index contributed by atoms with van der Waals surface area (Å²) in [5.74, 6) is 3.18. The molecular formula is C31H41NO2. The number of hydrogen-bond acceptors (Lipinski definition) is 3. The summed E-state index contributed by atoms with van der Waals surface area (Å²) < 4.78 is 0. The highest BCUT2D eigenvalue weighted by Gasteiger charge is 2.60. The molecule has 0 saturated heterocycles. The first-order chi connectivity index (χ1) is 16.2. The number of rotatable bonds is 4. The van der Waals surface area contributed by atoms with Crippen LogP contribution in [0.1, 0.15) is 77.7 Å². The molecule has 1 aromatic rings. The van der Waals surface area contributed by atoms with Crippen molar-refractivity contribution in [3.05, 3.63) is 52.6 Å². The Morgan fingerprint density at radius 2 is 1.82 bits per heavy atom. The zero-order valence-corrected chi connectivity index (χ0v) is 21.9. The summed E-state index contributed by atoms with van der Waals surface area (Å²) in [5, 5.41) is 0. The maximum Gasteiger partial charge on any atom is 0.156 e. The van der Waals surface area contributed by atoms with E-state index in [-0.39, 0.29) is 11.3 Å². The lowest BCUT2D eigenvalue weighted by Gasteiger charge is -2.53. The van der Waals surface area contributed by atoms with Crippen molar-refractivity contribution in [2.75, 3.05) is 19.0 Å². The minimum Gasteiger partial charge on any atom is -0.378 e. The normalized spacial score (nSPS) is 37.0. The first-order valence-corrected chi connectivity index (χ1v) is 13.4. The summed E-state index contributed by atoms with van der Waals surface area (Å²) in [5.41, 5.74) is 7.06. The van der Waals surface area contributed by atoms with E-state index < -0.39 is 0 Å². The lowest BCUT2D eigenvalue weighted by atomic mass is 9.50. The van der Waals surface area contributed by atoms with Crippen LogP contribution in [0.2, 0.25) is 0 Å². The van der Waals surface area contributed by atoms with E-state index in [9.17, 15) is 9.59 Å². The Hall–Kier alpha value is -2.16. The molecule has 0 aliphatic heterocycles. The highest BCUT2D eigenvalue weighted by atomic mass is 16.1. The van der Waals surface area contributed by atoms with Gasteiger partial charge in [-0.05, 0) is 96.6 Å². The van der Waals surface area contributed by atoms with Crippen LogP contribution in [0.4, 0.5) is 5.69 Å². The highest BCUT2D eigenvalue weighted by Crippen LogP contribution is 2.67. The van der Waals surface area contributed by atoms with Gasteiger partial charge >= 0.3 is 0 Å². The molecule has 34 heavy (non-hydrogen) atoms. The van der Waals surface area contributed by atoms with Crippen LogP contribution >= 0.6 is 0 Å². The van der Waals surface area contributed by atoms with Crippen molar-refractivity contribution in [1.29, 1.82) is 0 Å². The minimum absolute atomic E-state index is 0.0392. The van der Waals surface area contributed by atoms with E-state index in [1.54, 1.807) is 5.57 Å². The van der Waals surface area contributed by atoms with Crippen LogP contribution < -0.4 is 4.90 Å². The predicted molar refractivity (Wildman–Crippen MR) is 139 cm³/mol. The van der Waals surface area contributed by atoms with E-state index in [2.05, 4.69) is 64.0 Å². The zero-order chi connectivity index (χ0) is 24.4. The quantitative estimate of drug-likeness (QED) is 0.500. The molecule has 0 amide bonds. The van der Waals surface area contributed by atoms with Gasteiger partial charge in [-0.1, -0.05) is 44.9 Å². The number of anilines is 1. The fourth-order valence-corrected chi connectivity index (χ4v) is 8.64. The number of ketones is 2. The molecule has 7 atom stereocenters. The monoisotopic (exact) mass is 459 g/mol. The summed E-state index contributed by atoms with van der Waals surface area (Å²) in [4.78, 5) is 27.6. The van der Waals surface area contributed by atoms with Gasteiger partial charge in [0.2, 0.25) is 0 Å². The van der Waals surface area contributed by atoms with Crippen molar-refractivity contribution in [2.24, 2.45) is 35.0 Å².